The highest BCUT2D eigenvalue weighted by atomic mass is 19.1. The summed E-state index contributed by atoms with van der Waals surface area (Å²) in [5.74, 6) is -1.26. The molecule has 0 unspecified atom stereocenters. The van der Waals surface area contributed by atoms with Crippen LogP contribution in [0, 0.1) is 23.0 Å². The van der Waals surface area contributed by atoms with Gasteiger partial charge in [-0.3, -0.25) is 0 Å². The Kier molecular flexibility index (Phi) is 2.75. The number of aromatic nitrogens is 2. The smallest absolute Gasteiger partial charge is 0.151 e. The maximum absolute atomic E-state index is 13.5. The molecule has 0 aliphatic rings. The Morgan fingerprint density at radius 2 is 2.18 bits per heavy atom. The molecule has 0 atom stereocenters. The number of halogens is 2. The van der Waals surface area contributed by atoms with Crippen molar-refractivity contribution in [3.8, 4) is 11.8 Å². The fraction of sp³-hybridized carbons (Fsp3) is 0.0909. The van der Waals surface area contributed by atoms with Gasteiger partial charge in [-0.05, 0) is 12.1 Å². The third-order valence-corrected chi connectivity index (χ3v) is 2.29. The Bertz CT molecular complexity index is 598. The molecule has 1 heterocycles. The molecule has 0 saturated carbocycles. The molecule has 0 aliphatic carbocycles. The van der Waals surface area contributed by atoms with Gasteiger partial charge in [0.2, 0.25) is 0 Å². The largest absolute Gasteiger partial charge is 0.383 e. The minimum absolute atomic E-state index is 0.0492. The van der Waals surface area contributed by atoms with Crippen molar-refractivity contribution < 1.29 is 8.78 Å². The summed E-state index contributed by atoms with van der Waals surface area (Å²) >= 11 is 0. The van der Waals surface area contributed by atoms with Gasteiger partial charge >= 0.3 is 0 Å². The van der Waals surface area contributed by atoms with E-state index in [1.54, 1.807) is 0 Å². The molecule has 0 bridgehead atoms. The average Bonchev–Trinajstić information content (AvgIpc) is 2.62. The second-order valence-corrected chi connectivity index (χ2v) is 3.40. The van der Waals surface area contributed by atoms with Crippen molar-refractivity contribution in [3.05, 3.63) is 41.6 Å². The van der Waals surface area contributed by atoms with Crippen molar-refractivity contribution in [3.63, 3.8) is 0 Å². The van der Waals surface area contributed by atoms with Gasteiger partial charge in [-0.25, -0.2) is 13.5 Å². The van der Waals surface area contributed by atoms with E-state index in [1.807, 2.05) is 6.07 Å². The van der Waals surface area contributed by atoms with Gasteiger partial charge in [0, 0.05) is 11.6 Å². The molecule has 1 aromatic heterocycles. The fourth-order valence-corrected chi connectivity index (χ4v) is 1.46. The van der Waals surface area contributed by atoms with Crippen LogP contribution in [0.4, 0.5) is 14.6 Å². The zero-order chi connectivity index (χ0) is 12.4. The zero-order valence-corrected chi connectivity index (χ0v) is 8.69. The summed E-state index contributed by atoms with van der Waals surface area (Å²) in [6.07, 6.45) is 1.48. The average molecular weight is 234 g/mol. The normalized spacial score (nSPS) is 10.2. The van der Waals surface area contributed by atoms with Crippen molar-refractivity contribution in [2.24, 2.45) is 0 Å². The number of nitrogens with two attached hydrogens (primary N) is 1. The lowest BCUT2D eigenvalue weighted by Crippen LogP contribution is -2.05. The quantitative estimate of drug-likeness (QED) is 0.861. The second kappa shape index (κ2) is 4.22. The van der Waals surface area contributed by atoms with Gasteiger partial charge in [-0.15, -0.1) is 0 Å². The van der Waals surface area contributed by atoms with Gasteiger partial charge in [0.05, 0.1) is 18.7 Å². The Morgan fingerprint density at radius 1 is 1.41 bits per heavy atom. The van der Waals surface area contributed by atoms with E-state index >= 15 is 0 Å². The summed E-state index contributed by atoms with van der Waals surface area (Å²) in [5.41, 5.74) is 6.28. The minimum atomic E-state index is -0.761. The van der Waals surface area contributed by atoms with Crippen LogP contribution in [0.3, 0.4) is 0 Å². The standard InChI is InChI=1S/C11H8F2N4/c12-8-1-2-10(9(13)5-8)17-11(15)7(3-4-14)6-16-17/h1-2,5-6H,3,15H2. The monoisotopic (exact) mass is 234 g/mol. The number of nitrogen functional groups attached to an aromatic ring is 1. The Morgan fingerprint density at radius 3 is 2.82 bits per heavy atom. The first-order chi connectivity index (χ1) is 8.13. The molecule has 6 heteroatoms. The number of anilines is 1. The molecule has 17 heavy (non-hydrogen) atoms. The van der Waals surface area contributed by atoms with Crippen LogP contribution < -0.4 is 5.73 Å². The molecule has 2 rings (SSSR count). The second-order valence-electron chi connectivity index (χ2n) is 3.40. The van der Waals surface area contributed by atoms with E-state index in [4.69, 9.17) is 11.0 Å². The van der Waals surface area contributed by atoms with Gasteiger partial charge in [0.25, 0.3) is 0 Å². The Balaban J connectivity index is 2.50. The molecule has 0 aliphatic heterocycles. The van der Waals surface area contributed by atoms with Crippen LogP contribution in [-0.2, 0) is 6.42 Å². The SMILES string of the molecule is N#CCc1cnn(-c2ccc(F)cc2F)c1N. The maximum atomic E-state index is 13.5. The van der Waals surface area contributed by atoms with E-state index in [0.717, 1.165) is 16.8 Å². The first-order valence-corrected chi connectivity index (χ1v) is 4.78. The first kappa shape index (κ1) is 11.1. The van der Waals surface area contributed by atoms with Gasteiger partial charge in [0.1, 0.15) is 17.3 Å². The van der Waals surface area contributed by atoms with E-state index < -0.39 is 11.6 Å². The third kappa shape index (κ3) is 1.95. The van der Waals surface area contributed by atoms with E-state index in [9.17, 15) is 8.78 Å². The van der Waals surface area contributed by atoms with Gasteiger partial charge in [-0.2, -0.15) is 10.4 Å². The number of benzene rings is 1. The van der Waals surface area contributed by atoms with E-state index in [1.165, 1.54) is 12.3 Å². The molecule has 0 saturated heterocycles. The van der Waals surface area contributed by atoms with Crippen LogP contribution in [0.1, 0.15) is 5.56 Å². The summed E-state index contributed by atoms with van der Waals surface area (Å²) in [5, 5.41) is 12.4. The van der Waals surface area contributed by atoms with Gasteiger partial charge in [-0.1, -0.05) is 0 Å². The molecule has 86 valence electrons. The van der Waals surface area contributed by atoms with Crippen LogP contribution >= 0.6 is 0 Å². The highest BCUT2D eigenvalue weighted by molar-refractivity contribution is 5.48. The minimum Gasteiger partial charge on any atom is -0.383 e. The molecule has 2 N–H and O–H groups in total. The molecular formula is C11H8F2N4. The van der Waals surface area contributed by atoms with Crippen molar-refractivity contribution in [2.75, 3.05) is 5.73 Å². The molecule has 0 fully saturated rings. The fourth-order valence-electron chi connectivity index (χ4n) is 1.46. The van der Waals surface area contributed by atoms with Gasteiger partial charge in [0.15, 0.2) is 5.82 Å². The predicted molar refractivity (Wildman–Crippen MR) is 57.2 cm³/mol. The number of hydrogen-bond acceptors (Lipinski definition) is 3. The van der Waals surface area contributed by atoms with E-state index in [2.05, 4.69) is 5.10 Å². The lowest BCUT2D eigenvalue weighted by atomic mass is 10.2. The van der Waals surface area contributed by atoms with Crippen LogP contribution in [0.25, 0.3) is 5.69 Å². The van der Waals surface area contributed by atoms with Crippen LogP contribution in [-0.4, -0.2) is 9.78 Å². The summed E-state index contributed by atoms with van der Waals surface area (Å²) in [6, 6.07) is 5.03. The van der Waals surface area contributed by atoms with Crippen molar-refractivity contribution in [1.82, 2.24) is 9.78 Å². The lowest BCUT2D eigenvalue weighted by Gasteiger charge is -2.05. The molecular weight excluding hydrogens is 226 g/mol. The van der Waals surface area contributed by atoms with Crippen LogP contribution in [0.5, 0.6) is 0 Å². The van der Waals surface area contributed by atoms with Crippen LogP contribution in [0.15, 0.2) is 24.4 Å². The van der Waals surface area contributed by atoms with E-state index in [0.29, 0.717) is 5.56 Å². The molecule has 0 spiro atoms. The maximum Gasteiger partial charge on any atom is 0.151 e. The highest BCUT2D eigenvalue weighted by Crippen LogP contribution is 2.20. The number of nitrogens with zero attached hydrogens (tertiary/aromatic N) is 3. The Labute approximate surface area is 95.9 Å². The lowest BCUT2D eigenvalue weighted by molar-refractivity contribution is 0.574. The molecule has 0 radical (unpaired) electrons. The first-order valence-electron chi connectivity index (χ1n) is 4.78. The Hall–Kier alpha value is -2.42. The predicted octanol–water partition coefficient (Wildman–Crippen LogP) is 1.80. The highest BCUT2D eigenvalue weighted by Gasteiger charge is 2.12. The van der Waals surface area contributed by atoms with Crippen molar-refractivity contribution >= 4 is 5.82 Å². The zero-order valence-electron chi connectivity index (χ0n) is 8.69. The van der Waals surface area contributed by atoms with E-state index in [-0.39, 0.29) is 17.9 Å². The number of hydrogen-bond donors (Lipinski definition) is 1. The molecule has 4 nitrogen and oxygen atoms in total. The van der Waals surface area contributed by atoms with Crippen molar-refractivity contribution in [1.29, 1.82) is 5.26 Å². The molecule has 1 aromatic carbocycles. The van der Waals surface area contributed by atoms with Gasteiger partial charge < -0.3 is 5.73 Å². The topological polar surface area (TPSA) is 67.6 Å². The summed E-state index contributed by atoms with van der Waals surface area (Å²) in [6.45, 7) is 0. The summed E-state index contributed by atoms with van der Waals surface area (Å²) in [7, 11) is 0. The van der Waals surface area contributed by atoms with Crippen LogP contribution in [0.2, 0.25) is 0 Å². The summed E-state index contributed by atoms with van der Waals surface area (Å²) < 4.78 is 27.4. The third-order valence-electron chi connectivity index (χ3n) is 2.29. The number of rotatable bonds is 2. The van der Waals surface area contributed by atoms with Crippen molar-refractivity contribution in [2.45, 2.75) is 6.42 Å². The number of nitriles is 1. The summed E-state index contributed by atoms with van der Waals surface area (Å²) in [4.78, 5) is 0. The molecule has 2 aromatic rings. The molecule has 0 amide bonds.